The molecule has 8 heteroatoms. The topological polar surface area (TPSA) is 84.3 Å². The van der Waals surface area contributed by atoms with Gasteiger partial charge in [0.05, 0.1) is 13.1 Å². The Labute approximate surface area is 146 Å². The van der Waals surface area contributed by atoms with Crippen molar-refractivity contribution in [2.24, 2.45) is 0 Å². The van der Waals surface area contributed by atoms with Crippen molar-refractivity contribution in [3.63, 3.8) is 0 Å². The molecule has 3 aliphatic rings. The van der Waals surface area contributed by atoms with Crippen molar-refractivity contribution in [3.8, 4) is 0 Å². The van der Waals surface area contributed by atoms with Gasteiger partial charge in [-0.05, 0) is 39.2 Å². The van der Waals surface area contributed by atoms with Crippen molar-refractivity contribution in [3.05, 3.63) is 23.5 Å². The number of hydrogen-bond acceptors (Lipinski definition) is 8. The zero-order valence-electron chi connectivity index (χ0n) is 14.6. The molecule has 5 rings (SSSR count). The van der Waals surface area contributed by atoms with E-state index >= 15 is 0 Å². The van der Waals surface area contributed by atoms with E-state index in [-0.39, 0.29) is 0 Å². The lowest BCUT2D eigenvalue weighted by atomic mass is 10.2. The van der Waals surface area contributed by atoms with Crippen LogP contribution >= 0.6 is 0 Å². The molecule has 1 atom stereocenters. The van der Waals surface area contributed by atoms with Crippen LogP contribution in [0.2, 0.25) is 0 Å². The van der Waals surface area contributed by atoms with Crippen molar-refractivity contribution in [1.82, 2.24) is 30.1 Å². The van der Waals surface area contributed by atoms with Crippen LogP contribution in [0.1, 0.15) is 67.4 Å². The molecular weight excluding hydrogens is 320 g/mol. The summed E-state index contributed by atoms with van der Waals surface area (Å²) >= 11 is 0. The van der Waals surface area contributed by atoms with Gasteiger partial charge >= 0.3 is 0 Å². The van der Waals surface area contributed by atoms with E-state index in [1.165, 1.54) is 25.7 Å². The molecule has 1 aliphatic heterocycles. The van der Waals surface area contributed by atoms with Crippen LogP contribution < -0.4 is 0 Å². The lowest BCUT2D eigenvalue weighted by Crippen LogP contribution is -2.34. The van der Waals surface area contributed by atoms with Gasteiger partial charge in [0.2, 0.25) is 17.7 Å². The molecule has 1 unspecified atom stereocenters. The minimum atomic E-state index is 0.494. The maximum atomic E-state index is 5.78. The van der Waals surface area contributed by atoms with Crippen LogP contribution in [0.15, 0.2) is 8.94 Å². The predicted molar refractivity (Wildman–Crippen MR) is 87.7 cm³/mol. The summed E-state index contributed by atoms with van der Waals surface area (Å²) in [6.45, 7) is 3.54. The van der Waals surface area contributed by atoms with Gasteiger partial charge in [0.15, 0.2) is 5.82 Å². The first-order chi connectivity index (χ1) is 12.2. The Kier molecular flexibility index (Phi) is 3.82. The highest BCUT2D eigenvalue weighted by atomic mass is 16.5. The number of nitrogens with zero attached hydrogens (tertiary/aromatic N) is 6. The van der Waals surface area contributed by atoms with E-state index in [0.29, 0.717) is 17.9 Å². The first-order valence-corrected chi connectivity index (χ1v) is 9.32. The van der Waals surface area contributed by atoms with Crippen molar-refractivity contribution >= 4 is 0 Å². The maximum absolute atomic E-state index is 5.78. The molecule has 2 saturated carbocycles. The molecule has 2 aromatic rings. The molecule has 0 N–H and O–H groups in total. The molecule has 0 bridgehead atoms. The van der Waals surface area contributed by atoms with Crippen molar-refractivity contribution < 1.29 is 8.94 Å². The summed E-state index contributed by atoms with van der Waals surface area (Å²) in [5.74, 6) is 4.23. The molecular formula is C17H24N6O2. The van der Waals surface area contributed by atoms with Crippen LogP contribution in [0.5, 0.6) is 0 Å². The minimum Gasteiger partial charge on any atom is -0.424 e. The lowest BCUT2D eigenvalue weighted by Gasteiger charge is -2.22. The van der Waals surface area contributed by atoms with E-state index in [9.17, 15) is 0 Å². The zero-order chi connectivity index (χ0) is 16.8. The molecule has 0 spiro atoms. The number of likely N-dealkylation sites (N-methyl/N-ethyl adjacent to an activating group) is 1. The third-order valence-corrected chi connectivity index (χ3v) is 5.44. The molecule has 25 heavy (non-hydrogen) atoms. The van der Waals surface area contributed by atoms with Crippen LogP contribution in [0.25, 0.3) is 0 Å². The molecule has 8 nitrogen and oxygen atoms in total. The Morgan fingerprint density at radius 2 is 1.88 bits per heavy atom. The van der Waals surface area contributed by atoms with Gasteiger partial charge in [-0.25, -0.2) is 0 Å². The molecule has 0 aromatic carbocycles. The van der Waals surface area contributed by atoms with Gasteiger partial charge in [0.25, 0.3) is 0 Å². The molecule has 3 heterocycles. The Morgan fingerprint density at radius 1 is 1.08 bits per heavy atom. The summed E-state index contributed by atoms with van der Waals surface area (Å²) in [6, 6.07) is 0.494. The summed E-state index contributed by atoms with van der Waals surface area (Å²) in [7, 11) is 2.14. The second-order valence-electron chi connectivity index (χ2n) is 7.72. The smallest absolute Gasteiger partial charge is 0.230 e. The standard InChI is InChI=1S/C17H24N6O2/c1-22(9-14-18-16(25-21-14)11-2-3-11)13-6-7-23(8-13)10-15-19-20-17(24-15)12-4-5-12/h11-13H,2-10H2,1H3. The summed E-state index contributed by atoms with van der Waals surface area (Å²) in [6.07, 6.45) is 5.89. The van der Waals surface area contributed by atoms with E-state index in [2.05, 4.69) is 37.2 Å². The van der Waals surface area contributed by atoms with Gasteiger partial charge in [-0.3, -0.25) is 9.80 Å². The molecule has 3 fully saturated rings. The number of rotatable bonds is 7. The fraction of sp³-hybridized carbons (Fsp3) is 0.765. The van der Waals surface area contributed by atoms with E-state index in [1.54, 1.807) is 0 Å². The van der Waals surface area contributed by atoms with Gasteiger partial charge in [0, 0.05) is 31.0 Å². The van der Waals surface area contributed by atoms with E-state index in [0.717, 1.165) is 56.1 Å². The fourth-order valence-electron chi connectivity index (χ4n) is 3.51. The van der Waals surface area contributed by atoms with E-state index in [4.69, 9.17) is 8.94 Å². The largest absolute Gasteiger partial charge is 0.424 e. The highest BCUT2D eigenvalue weighted by Crippen LogP contribution is 2.39. The Hall–Kier alpha value is -1.80. The lowest BCUT2D eigenvalue weighted by molar-refractivity contribution is 0.209. The quantitative estimate of drug-likeness (QED) is 0.753. The van der Waals surface area contributed by atoms with Gasteiger partial charge in [-0.15, -0.1) is 10.2 Å². The SMILES string of the molecule is CN(Cc1noc(C2CC2)n1)C1CCN(Cc2nnc(C3CC3)o2)C1. The van der Waals surface area contributed by atoms with Crippen LogP contribution in [0.3, 0.4) is 0 Å². The Bertz CT molecular complexity index is 735. The van der Waals surface area contributed by atoms with Crippen LogP contribution in [-0.2, 0) is 13.1 Å². The van der Waals surface area contributed by atoms with Gasteiger partial charge in [-0.2, -0.15) is 4.98 Å². The summed E-state index contributed by atoms with van der Waals surface area (Å²) in [5.41, 5.74) is 0. The van der Waals surface area contributed by atoms with Gasteiger partial charge in [0.1, 0.15) is 0 Å². The molecule has 2 aliphatic carbocycles. The van der Waals surface area contributed by atoms with Crippen LogP contribution in [0.4, 0.5) is 0 Å². The maximum Gasteiger partial charge on any atom is 0.230 e. The number of hydrogen-bond donors (Lipinski definition) is 0. The predicted octanol–water partition coefficient (Wildman–Crippen LogP) is 1.91. The number of aromatic nitrogens is 4. The average Bonchev–Trinajstić information content (AvgIpc) is 3.50. The second kappa shape index (κ2) is 6.17. The Morgan fingerprint density at radius 3 is 2.68 bits per heavy atom. The van der Waals surface area contributed by atoms with Crippen molar-refractivity contribution in [2.45, 2.75) is 63.1 Å². The normalized spacial score (nSPS) is 24.5. The summed E-state index contributed by atoms with van der Waals surface area (Å²) < 4.78 is 11.1. The highest BCUT2D eigenvalue weighted by Gasteiger charge is 2.32. The van der Waals surface area contributed by atoms with Crippen LogP contribution in [-0.4, -0.2) is 56.3 Å². The van der Waals surface area contributed by atoms with Crippen molar-refractivity contribution in [2.75, 3.05) is 20.1 Å². The zero-order valence-corrected chi connectivity index (χ0v) is 14.6. The molecule has 2 aromatic heterocycles. The monoisotopic (exact) mass is 344 g/mol. The van der Waals surface area contributed by atoms with E-state index < -0.39 is 0 Å². The molecule has 134 valence electrons. The third-order valence-electron chi connectivity index (χ3n) is 5.44. The van der Waals surface area contributed by atoms with E-state index in [1.807, 2.05) is 0 Å². The van der Waals surface area contributed by atoms with Gasteiger partial charge < -0.3 is 8.94 Å². The number of likely N-dealkylation sites (tertiary alicyclic amines) is 1. The highest BCUT2D eigenvalue weighted by molar-refractivity contribution is 5.02. The molecule has 0 amide bonds. The third kappa shape index (κ3) is 3.46. The second-order valence-corrected chi connectivity index (χ2v) is 7.72. The first kappa shape index (κ1) is 15.5. The summed E-state index contributed by atoms with van der Waals surface area (Å²) in [4.78, 5) is 9.24. The molecule has 0 radical (unpaired) electrons. The van der Waals surface area contributed by atoms with Crippen molar-refractivity contribution in [1.29, 1.82) is 0 Å². The fourth-order valence-corrected chi connectivity index (χ4v) is 3.51. The Balaban J connectivity index is 1.13. The minimum absolute atomic E-state index is 0.494. The molecule has 1 saturated heterocycles. The summed E-state index contributed by atoms with van der Waals surface area (Å²) in [5, 5.41) is 12.5. The van der Waals surface area contributed by atoms with Gasteiger partial charge in [-0.1, -0.05) is 5.16 Å². The van der Waals surface area contributed by atoms with Crippen LogP contribution in [0, 0.1) is 0 Å². The average molecular weight is 344 g/mol. The first-order valence-electron chi connectivity index (χ1n) is 9.32.